The largest absolute Gasteiger partial charge is 0.463 e. The van der Waals surface area contributed by atoms with Crippen LogP contribution in [0.15, 0.2) is 57.7 Å². The Morgan fingerprint density at radius 3 is 2.59 bits per heavy atom. The standard InChI is InChI=1S/C22H18F3N3O4/c1-13-19-16(9-17(18-3-2-8-31-18)27-21(19)32-28-13)20(29)26-10-14-4-6-15(7-5-14)11-30-12-22(23,24)25/h2-9H,10-12H2,1H3,(H,26,29). The summed E-state index contributed by atoms with van der Waals surface area (Å²) in [6.45, 7) is 0.486. The predicted molar refractivity (Wildman–Crippen MR) is 108 cm³/mol. The number of ether oxygens (including phenoxy) is 1. The van der Waals surface area contributed by atoms with E-state index >= 15 is 0 Å². The summed E-state index contributed by atoms with van der Waals surface area (Å²) in [7, 11) is 0. The molecule has 32 heavy (non-hydrogen) atoms. The lowest BCUT2D eigenvalue weighted by Crippen LogP contribution is -2.23. The Labute approximate surface area is 180 Å². The molecule has 4 aromatic rings. The maximum atomic E-state index is 12.9. The Morgan fingerprint density at radius 2 is 1.91 bits per heavy atom. The second-order valence-electron chi connectivity index (χ2n) is 7.09. The molecule has 0 saturated heterocycles. The van der Waals surface area contributed by atoms with Gasteiger partial charge in [0.1, 0.15) is 12.3 Å². The zero-order chi connectivity index (χ0) is 22.7. The van der Waals surface area contributed by atoms with Gasteiger partial charge in [-0.05, 0) is 36.2 Å². The van der Waals surface area contributed by atoms with Gasteiger partial charge in [-0.15, -0.1) is 0 Å². The fourth-order valence-corrected chi connectivity index (χ4v) is 3.14. The highest BCUT2D eigenvalue weighted by Gasteiger charge is 2.27. The lowest BCUT2D eigenvalue weighted by Gasteiger charge is -2.09. The van der Waals surface area contributed by atoms with E-state index in [-0.39, 0.29) is 24.8 Å². The molecule has 0 bridgehead atoms. The van der Waals surface area contributed by atoms with E-state index < -0.39 is 12.8 Å². The van der Waals surface area contributed by atoms with Crippen LogP contribution in [-0.2, 0) is 17.9 Å². The molecule has 0 aliphatic carbocycles. The highest BCUT2D eigenvalue weighted by Crippen LogP contribution is 2.27. The summed E-state index contributed by atoms with van der Waals surface area (Å²) in [6, 6.07) is 11.8. The second kappa shape index (κ2) is 8.83. The fourth-order valence-electron chi connectivity index (χ4n) is 3.14. The van der Waals surface area contributed by atoms with E-state index in [2.05, 4.69) is 20.2 Å². The van der Waals surface area contributed by atoms with Crippen molar-refractivity contribution in [1.29, 1.82) is 0 Å². The summed E-state index contributed by atoms with van der Waals surface area (Å²) in [5, 5.41) is 7.24. The zero-order valence-corrected chi connectivity index (χ0v) is 16.9. The molecule has 0 radical (unpaired) electrons. The summed E-state index contributed by atoms with van der Waals surface area (Å²) in [5.74, 6) is 0.132. The normalized spacial score (nSPS) is 11.8. The molecule has 0 fully saturated rings. The number of nitrogens with zero attached hydrogens (tertiary/aromatic N) is 2. The average molecular weight is 445 g/mol. The van der Waals surface area contributed by atoms with Crippen molar-refractivity contribution in [1.82, 2.24) is 15.5 Å². The molecule has 0 spiro atoms. The quantitative estimate of drug-likeness (QED) is 0.440. The Bertz CT molecular complexity index is 1220. The molecule has 0 unspecified atom stereocenters. The molecule has 3 aromatic heterocycles. The molecule has 3 heterocycles. The average Bonchev–Trinajstić information content (AvgIpc) is 3.42. The number of pyridine rings is 1. The van der Waals surface area contributed by atoms with Gasteiger partial charge >= 0.3 is 6.18 Å². The number of aryl methyl sites for hydroxylation is 1. The van der Waals surface area contributed by atoms with Crippen LogP contribution in [-0.4, -0.2) is 28.8 Å². The minimum atomic E-state index is -4.36. The molecule has 0 saturated carbocycles. The number of hydrogen-bond acceptors (Lipinski definition) is 6. The number of amides is 1. The smallest absolute Gasteiger partial charge is 0.411 e. The fraction of sp³-hybridized carbons (Fsp3) is 0.227. The van der Waals surface area contributed by atoms with Crippen LogP contribution >= 0.6 is 0 Å². The Hall–Kier alpha value is -3.66. The van der Waals surface area contributed by atoms with Crippen LogP contribution in [0.4, 0.5) is 13.2 Å². The molecule has 4 rings (SSSR count). The summed E-state index contributed by atoms with van der Waals surface area (Å²) in [6.07, 6.45) is -2.85. The van der Waals surface area contributed by atoms with E-state index in [0.717, 1.165) is 5.56 Å². The first-order valence-electron chi connectivity index (χ1n) is 9.61. The molecule has 0 aliphatic heterocycles. The van der Waals surface area contributed by atoms with E-state index in [1.165, 1.54) is 6.26 Å². The van der Waals surface area contributed by atoms with E-state index in [9.17, 15) is 18.0 Å². The van der Waals surface area contributed by atoms with Crippen LogP contribution in [0, 0.1) is 6.92 Å². The minimum absolute atomic E-state index is 0.149. The van der Waals surface area contributed by atoms with Gasteiger partial charge < -0.3 is 19.0 Å². The maximum Gasteiger partial charge on any atom is 0.411 e. The van der Waals surface area contributed by atoms with Gasteiger partial charge in [0.25, 0.3) is 11.6 Å². The number of halogens is 3. The Balaban J connectivity index is 1.46. The van der Waals surface area contributed by atoms with Gasteiger partial charge in [-0.3, -0.25) is 4.79 Å². The van der Waals surface area contributed by atoms with Crippen molar-refractivity contribution in [2.24, 2.45) is 0 Å². The van der Waals surface area contributed by atoms with Crippen molar-refractivity contribution in [2.75, 3.05) is 6.61 Å². The molecule has 0 atom stereocenters. The summed E-state index contributed by atoms with van der Waals surface area (Å²) < 4.78 is 51.7. The summed E-state index contributed by atoms with van der Waals surface area (Å²) >= 11 is 0. The second-order valence-corrected chi connectivity index (χ2v) is 7.09. The van der Waals surface area contributed by atoms with Crippen LogP contribution in [0.3, 0.4) is 0 Å². The Morgan fingerprint density at radius 1 is 1.16 bits per heavy atom. The number of furan rings is 1. The van der Waals surface area contributed by atoms with Gasteiger partial charge in [-0.2, -0.15) is 13.2 Å². The topological polar surface area (TPSA) is 90.4 Å². The van der Waals surface area contributed by atoms with E-state index in [1.54, 1.807) is 49.4 Å². The van der Waals surface area contributed by atoms with Crippen molar-refractivity contribution in [2.45, 2.75) is 26.3 Å². The molecule has 1 aromatic carbocycles. The molecular formula is C22H18F3N3O4. The first-order chi connectivity index (χ1) is 15.3. The molecular weight excluding hydrogens is 427 g/mol. The van der Waals surface area contributed by atoms with Gasteiger partial charge in [-0.25, -0.2) is 4.98 Å². The SMILES string of the molecule is Cc1noc2nc(-c3ccco3)cc(C(=O)NCc3ccc(COCC(F)(F)F)cc3)c12. The highest BCUT2D eigenvalue weighted by atomic mass is 19.4. The van der Waals surface area contributed by atoms with Crippen molar-refractivity contribution >= 4 is 17.0 Å². The third-order valence-corrected chi connectivity index (χ3v) is 4.65. The molecule has 7 nitrogen and oxygen atoms in total. The van der Waals surface area contributed by atoms with Crippen molar-refractivity contribution in [3.8, 4) is 11.5 Å². The Kier molecular flexibility index (Phi) is 5.95. The highest BCUT2D eigenvalue weighted by molar-refractivity contribution is 6.06. The molecule has 1 amide bonds. The van der Waals surface area contributed by atoms with Gasteiger partial charge in [0.15, 0.2) is 5.76 Å². The zero-order valence-electron chi connectivity index (χ0n) is 16.9. The van der Waals surface area contributed by atoms with Gasteiger partial charge in [-0.1, -0.05) is 29.4 Å². The third kappa shape index (κ3) is 4.97. The minimum Gasteiger partial charge on any atom is -0.463 e. The number of carbonyl (C=O) groups excluding carboxylic acids is 1. The van der Waals surface area contributed by atoms with Crippen LogP contribution < -0.4 is 5.32 Å². The van der Waals surface area contributed by atoms with E-state index in [4.69, 9.17) is 8.94 Å². The van der Waals surface area contributed by atoms with Crippen LogP contribution in [0.1, 0.15) is 27.2 Å². The first kappa shape index (κ1) is 21.6. The van der Waals surface area contributed by atoms with E-state index in [0.29, 0.717) is 33.7 Å². The number of rotatable bonds is 7. The first-order valence-corrected chi connectivity index (χ1v) is 9.61. The number of carbonyl (C=O) groups is 1. The molecule has 1 N–H and O–H groups in total. The number of aromatic nitrogens is 2. The van der Waals surface area contributed by atoms with Gasteiger partial charge in [0, 0.05) is 6.54 Å². The number of benzene rings is 1. The molecule has 0 aliphatic rings. The third-order valence-electron chi connectivity index (χ3n) is 4.65. The lowest BCUT2D eigenvalue weighted by atomic mass is 10.1. The summed E-state index contributed by atoms with van der Waals surface area (Å²) in [5.41, 5.74) is 2.92. The number of fused-ring (bicyclic) bond motifs is 1. The van der Waals surface area contributed by atoms with Crippen molar-refractivity contribution in [3.63, 3.8) is 0 Å². The lowest BCUT2D eigenvalue weighted by molar-refractivity contribution is -0.176. The van der Waals surface area contributed by atoms with Crippen LogP contribution in [0.2, 0.25) is 0 Å². The number of hydrogen-bond donors (Lipinski definition) is 1. The number of nitrogens with one attached hydrogen (secondary N) is 1. The number of alkyl halides is 3. The van der Waals surface area contributed by atoms with Gasteiger partial charge in [0.05, 0.1) is 29.5 Å². The predicted octanol–water partition coefficient (Wildman–Crippen LogP) is 4.80. The van der Waals surface area contributed by atoms with E-state index in [1.807, 2.05) is 0 Å². The van der Waals surface area contributed by atoms with Gasteiger partial charge in [0.2, 0.25) is 0 Å². The van der Waals surface area contributed by atoms with Crippen LogP contribution in [0.5, 0.6) is 0 Å². The molecule has 10 heteroatoms. The van der Waals surface area contributed by atoms with Crippen molar-refractivity contribution in [3.05, 3.63) is 71.1 Å². The molecule has 166 valence electrons. The summed E-state index contributed by atoms with van der Waals surface area (Å²) in [4.78, 5) is 17.3. The monoisotopic (exact) mass is 445 g/mol. The van der Waals surface area contributed by atoms with Crippen LogP contribution in [0.25, 0.3) is 22.6 Å². The van der Waals surface area contributed by atoms with Crippen molar-refractivity contribution < 1.29 is 31.6 Å². The maximum absolute atomic E-state index is 12.9.